The van der Waals surface area contributed by atoms with Gasteiger partial charge in [-0.1, -0.05) is 18.2 Å². The number of hydrogen-bond donors (Lipinski definition) is 1. The van der Waals surface area contributed by atoms with Crippen molar-refractivity contribution in [2.45, 2.75) is 38.6 Å². The van der Waals surface area contributed by atoms with Crippen molar-refractivity contribution >= 4 is 33.3 Å². The number of aryl methyl sites for hydroxylation is 2. The zero-order valence-corrected chi connectivity index (χ0v) is 16.9. The van der Waals surface area contributed by atoms with Crippen molar-refractivity contribution in [2.24, 2.45) is 0 Å². The summed E-state index contributed by atoms with van der Waals surface area (Å²) >= 11 is 1.72. The van der Waals surface area contributed by atoms with Crippen molar-refractivity contribution in [1.82, 2.24) is 9.97 Å². The van der Waals surface area contributed by atoms with Gasteiger partial charge in [0.2, 0.25) is 0 Å². The van der Waals surface area contributed by atoms with Crippen LogP contribution in [0.4, 0.5) is 5.82 Å². The summed E-state index contributed by atoms with van der Waals surface area (Å²) in [5.41, 5.74) is 2.41. The maximum absolute atomic E-state index is 11.8. The maximum Gasteiger partial charge on any atom is 0.313 e. The third kappa shape index (κ3) is 3.67. The van der Waals surface area contributed by atoms with E-state index in [4.69, 9.17) is 9.47 Å². The summed E-state index contributed by atoms with van der Waals surface area (Å²) in [5, 5.41) is 4.57. The van der Waals surface area contributed by atoms with Gasteiger partial charge >= 0.3 is 5.97 Å². The fourth-order valence-electron chi connectivity index (χ4n) is 3.64. The van der Waals surface area contributed by atoms with Gasteiger partial charge < -0.3 is 14.8 Å². The number of nitrogens with zero attached hydrogens (tertiary/aromatic N) is 2. The lowest BCUT2D eigenvalue weighted by Crippen LogP contribution is -2.11. The summed E-state index contributed by atoms with van der Waals surface area (Å²) in [4.78, 5) is 23.4. The normalized spacial score (nSPS) is 13.2. The van der Waals surface area contributed by atoms with Crippen LogP contribution in [0.2, 0.25) is 0 Å². The number of para-hydroxylation sites is 1. The summed E-state index contributed by atoms with van der Waals surface area (Å²) in [6.45, 7) is 0.582. The fraction of sp³-hybridized carbons (Fsp3) is 0.381. The Morgan fingerprint density at radius 2 is 2.00 bits per heavy atom. The molecule has 0 amide bonds. The topological polar surface area (TPSA) is 73.3 Å². The largest absolute Gasteiger partial charge is 0.496 e. The molecule has 2 aromatic heterocycles. The number of esters is 1. The average Bonchev–Trinajstić information content (AvgIpc) is 3.10. The number of hydrogen-bond acceptors (Lipinski definition) is 7. The molecule has 146 valence electrons. The van der Waals surface area contributed by atoms with Crippen LogP contribution >= 0.6 is 11.3 Å². The average molecular weight is 398 g/mol. The Hall–Kier alpha value is -2.67. The van der Waals surface area contributed by atoms with E-state index in [2.05, 4.69) is 15.3 Å². The number of fused-ring (bicyclic) bond motifs is 3. The number of rotatable bonds is 6. The summed E-state index contributed by atoms with van der Waals surface area (Å²) in [7, 11) is 3.05. The molecular formula is C21H23N3O3S. The van der Waals surface area contributed by atoms with Gasteiger partial charge in [-0.15, -0.1) is 11.3 Å². The molecule has 2 heterocycles. The van der Waals surface area contributed by atoms with Gasteiger partial charge in [-0.25, -0.2) is 9.97 Å². The van der Waals surface area contributed by atoms with Crippen LogP contribution in [0.25, 0.3) is 10.2 Å². The molecule has 1 N–H and O–H groups in total. The first kappa shape index (κ1) is 18.7. The monoisotopic (exact) mass is 397 g/mol. The molecule has 0 unspecified atom stereocenters. The zero-order chi connectivity index (χ0) is 19.5. The Morgan fingerprint density at radius 1 is 1.18 bits per heavy atom. The minimum Gasteiger partial charge on any atom is -0.496 e. The molecule has 0 fully saturated rings. The van der Waals surface area contributed by atoms with Gasteiger partial charge in [0, 0.05) is 17.0 Å². The molecule has 7 heteroatoms. The highest BCUT2D eigenvalue weighted by atomic mass is 32.1. The van der Waals surface area contributed by atoms with Crippen molar-refractivity contribution in [3.63, 3.8) is 0 Å². The van der Waals surface area contributed by atoms with Crippen LogP contribution in [0.5, 0.6) is 5.75 Å². The molecule has 0 atom stereocenters. The van der Waals surface area contributed by atoms with Gasteiger partial charge in [-0.05, 0) is 37.3 Å². The van der Waals surface area contributed by atoms with Crippen molar-refractivity contribution < 1.29 is 14.3 Å². The van der Waals surface area contributed by atoms with E-state index in [0.29, 0.717) is 12.4 Å². The van der Waals surface area contributed by atoms with Crippen LogP contribution in [0.3, 0.4) is 0 Å². The van der Waals surface area contributed by atoms with Crippen molar-refractivity contribution in [1.29, 1.82) is 0 Å². The van der Waals surface area contributed by atoms with E-state index in [-0.39, 0.29) is 12.4 Å². The number of carbonyl (C=O) groups excluding carboxylic acids is 1. The van der Waals surface area contributed by atoms with E-state index in [0.717, 1.165) is 40.2 Å². The number of thiophene rings is 1. The molecule has 1 aliphatic carbocycles. The highest BCUT2D eigenvalue weighted by Crippen LogP contribution is 2.39. The van der Waals surface area contributed by atoms with Crippen molar-refractivity contribution in [3.05, 3.63) is 46.1 Å². The highest BCUT2D eigenvalue weighted by molar-refractivity contribution is 7.19. The maximum atomic E-state index is 11.8. The minimum atomic E-state index is -0.337. The predicted octanol–water partition coefficient (Wildman–Crippen LogP) is 3.91. The van der Waals surface area contributed by atoms with Gasteiger partial charge in [-0.3, -0.25) is 4.79 Å². The number of methoxy groups -OCH3 is 2. The van der Waals surface area contributed by atoms with Crippen molar-refractivity contribution in [3.8, 4) is 5.75 Å². The first-order valence-corrected chi connectivity index (χ1v) is 10.2. The smallest absolute Gasteiger partial charge is 0.313 e. The summed E-state index contributed by atoms with van der Waals surface area (Å²) in [5.74, 6) is 1.77. The Labute approximate surface area is 167 Å². The van der Waals surface area contributed by atoms with Crippen LogP contribution < -0.4 is 10.1 Å². The van der Waals surface area contributed by atoms with Gasteiger partial charge in [0.1, 0.15) is 28.6 Å². The number of aromatic nitrogens is 2. The molecule has 0 radical (unpaired) electrons. The summed E-state index contributed by atoms with van der Waals surface area (Å²) < 4.78 is 10.3. The van der Waals surface area contributed by atoms with Crippen LogP contribution in [-0.4, -0.2) is 30.2 Å². The number of ether oxygens (including phenoxy) is 2. The molecule has 28 heavy (non-hydrogen) atoms. The zero-order valence-electron chi connectivity index (χ0n) is 16.1. The lowest BCUT2D eigenvalue weighted by atomic mass is 9.97. The van der Waals surface area contributed by atoms with Crippen LogP contribution in [0.15, 0.2) is 24.3 Å². The number of benzene rings is 1. The van der Waals surface area contributed by atoms with Gasteiger partial charge in [0.05, 0.1) is 19.6 Å². The quantitative estimate of drug-likeness (QED) is 0.636. The van der Waals surface area contributed by atoms with Gasteiger partial charge in [0.25, 0.3) is 0 Å². The molecule has 1 aliphatic rings. The second-order valence-electron chi connectivity index (χ2n) is 6.80. The van der Waals surface area contributed by atoms with Crippen molar-refractivity contribution in [2.75, 3.05) is 19.5 Å². The third-order valence-corrected chi connectivity index (χ3v) is 6.22. The second kappa shape index (κ2) is 8.14. The number of anilines is 1. The Balaban J connectivity index is 1.73. The molecule has 4 rings (SSSR count). The second-order valence-corrected chi connectivity index (χ2v) is 7.88. The van der Waals surface area contributed by atoms with E-state index >= 15 is 0 Å². The van der Waals surface area contributed by atoms with Crippen LogP contribution in [-0.2, 0) is 35.3 Å². The number of nitrogens with one attached hydrogen (secondary N) is 1. The lowest BCUT2D eigenvalue weighted by molar-refractivity contribution is -0.139. The highest BCUT2D eigenvalue weighted by Gasteiger charge is 2.22. The molecule has 0 bridgehead atoms. The first-order valence-electron chi connectivity index (χ1n) is 9.43. The Morgan fingerprint density at radius 3 is 2.82 bits per heavy atom. The lowest BCUT2D eigenvalue weighted by Gasteiger charge is -2.14. The fourth-order valence-corrected chi connectivity index (χ4v) is 4.92. The molecule has 0 saturated heterocycles. The molecule has 0 spiro atoms. The SMILES string of the molecule is COC(=O)Cc1nc(NCc2ccccc2OC)c2c3c(sc2n1)CCCC3. The van der Waals surface area contributed by atoms with Gasteiger partial charge in [0.15, 0.2) is 0 Å². The van der Waals surface area contributed by atoms with E-state index in [1.807, 2.05) is 24.3 Å². The molecule has 1 aromatic carbocycles. The Kier molecular flexibility index (Phi) is 5.43. The predicted molar refractivity (Wildman–Crippen MR) is 110 cm³/mol. The molecule has 0 saturated carbocycles. The van der Waals surface area contributed by atoms with Crippen LogP contribution in [0, 0.1) is 0 Å². The standard InChI is InChI=1S/C21H23N3O3S/c1-26-15-9-5-3-7-13(15)12-22-20-19-14-8-4-6-10-16(14)28-21(19)24-17(23-20)11-18(25)27-2/h3,5,7,9H,4,6,8,10-12H2,1-2H3,(H,22,23,24). The van der Waals surface area contributed by atoms with E-state index < -0.39 is 0 Å². The number of carbonyl (C=O) groups is 1. The minimum absolute atomic E-state index is 0.0678. The molecular weight excluding hydrogens is 374 g/mol. The summed E-state index contributed by atoms with van der Waals surface area (Å²) in [6.07, 6.45) is 4.62. The molecule has 3 aromatic rings. The van der Waals surface area contributed by atoms with E-state index in [9.17, 15) is 4.79 Å². The molecule has 6 nitrogen and oxygen atoms in total. The molecule has 0 aliphatic heterocycles. The van der Waals surface area contributed by atoms with Gasteiger partial charge in [-0.2, -0.15) is 0 Å². The van der Waals surface area contributed by atoms with E-state index in [1.165, 1.54) is 30.4 Å². The van der Waals surface area contributed by atoms with E-state index in [1.54, 1.807) is 18.4 Å². The Bertz CT molecular complexity index is 1020. The first-order chi connectivity index (χ1) is 13.7. The van der Waals surface area contributed by atoms with Crippen LogP contribution in [0.1, 0.15) is 34.7 Å². The summed E-state index contributed by atoms with van der Waals surface area (Å²) in [6, 6.07) is 7.92. The third-order valence-electron chi connectivity index (χ3n) is 5.03.